The van der Waals surface area contributed by atoms with Crippen molar-refractivity contribution in [3.63, 3.8) is 0 Å². The third kappa shape index (κ3) is 4.72. The molecule has 0 bridgehead atoms. The number of thiocarbonyl (C=S) groups is 1. The molecule has 0 aliphatic carbocycles. The summed E-state index contributed by atoms with van der Waals surface area (Å²) in [6.07, 6.45) is 0.547. The Labute approximate surface area is 115 Å². The summed E-state index contributed by atoms with van der Waals surface area (Å²) >= 11 is 4.96. The molecular formula is C14H22N2OS. The van der Waals surface area contributed by atoms with Crippen molar-refractivity contribution in [2.75, 3.05) is 13.6 Å². The summed E-state index contributed by atoms with van der Waals surface area (Å²) in [5, 5.41) is 9.26. The molecule has 1 atom stereocenters. The van der Waals surface area contributed by atoms with E-state index in [4.69, 9.17) is 18.0 Å². The van der Waals surface area contributed by atoms with E-state index in [9.17, 15) is 5.11 Å². The number of aryl methyl sites for hydroxylation is 1. The van der Waals surface area contributed by atoms with Crippen LogP contribution in [0.4, 0.5) is 0 Å². The van der Waals surface area contributed by atoms with Gasteiger partial charge in [0.1, 0.15) is 4.99 Å². The van der Waals surface area contributed by atoms with Gasteiger partial charge >= 0.3 is 0 Å². The predicted octanol–water partition coefficient (Wildman–Crippen LogP) is 1.83. The van der Waals surface area contributed by atoms with E-state index in [1.165, 1.54) is 11.1 Å². The zero-order valence-corrected chi connectivity index (χ0v) is 12.1. The fourth-order valence-electron chi connectivity index (χ4n) is 1.80. The highest BCUT2D eigenvalue weighted by molar-refractivity contribution is 7.80. The van der Waals surface area contributed by atoms with E-state index in [1.807, 2.05) is 19.1 Å². The summed E-state index contributed by atoms with van der Waals surface area (Å²) in [5.41, 5.74) is 8.99. The van der Waals surface area contributed by atoms with Crippen LogP contribution in [0, 0.1) is 6.92 Å². The predicted molar refractivity (Wildman–Crippen MR) is 79.7 cm³/mol. The first-order valence-corrected chi connectivity index (χ1v) is 6.57. The number of benzene rings is 1. The second-order valence-electron chi connectivity index (χ2n) is 4.88. The second kappa shape index (κ2) is 6.83. The average molecular weight is 266 g/mol. The average Bonchev–Trinajstić information content (AvgIpc) is 2.29. The van der Waals surface area contributed by atoms with Gasteiger partial charge in [-0.1, -0.05) is 24.4 Å². The topological polar surface area (TPSA) is 49.5 Å². The summed E-state index contributed by atoms with van der Waals surface area (Å²) in [6.45, 7) is 5.64. The Kier molecular flexibility index (Phi) is 5.72. The lowest BCUT2D eigenvalue weighted by molar-refractivity contribution is 0.163. The fourth-order valence-corrected chi connectivity index (χ4v) is 1.93. The molecule has 1 aromatic carbocycles. The van der Waals surface area contributed by atoms with Crippen LogP contribution in [0.25, 0.3) is 0 Å². The summed E-state index contributed by atoms with van der Waals surface area (Å²) in [6, 6.07) is 6.07. The van der Waals surface area contributed by atoms with Crippen molar-refractivity contribution in [2.24, 2.45) is 5.73 Å². The van der Waals surface area contributed by atoms with E-state index in [0.29, 0.717) is 4.99 Å². The third-order valence-corrected chi connectivity index (χ3v) is 3.23. The van der Waals surface area contributed by atoms with Crippen LogP contribution in [0.3, 0.4) is 0 Å². The number of hydrogen-bond donors (Lipinski definition) is 2. The van der Waals surface area contributed by atoms with Crippen molar-refractivity contribution in [3.05, 3.63) is 34.9 Å². The Morgan fingerprint density at radius 1 is 1.50 bits per heavy atom. The molecule has 1 rings (SSSR count). The zero-order chi connectivity index (χ0) is 13.7. The first-order chi connectivity index (χ1) is 8.40. The van der Waals surface area contributed by atoms with Crippen LogP contribution in [0.1, 0.15) is 30.0 Å². The summed E-state index contributed by atoms with van der Waals surface area (Å²) in [7, 11) is 2.06. The fraction of sp³-hybridized carbons (Fsp3) is 0.500. The molecule has 0 amide bonds. The molecule has 0 fully saturated rings. The minimum absolute atomic E-state index is 0.245. The Morgan fingerprint density at radius 3 is 2.67 bits per heavy atom. The normalized spacial score (nSPS) is 12.7. The largest absolute Gasteiger partial charge is 0.393 e. The molecule has 3 N–H and O–H groups in total. The maximum absolute atomic E-state index is 9.26. The molecule has 3 nitrogen and oxygen atoms in total. The van der Waals surface area contributed by atoms with Gasteiger partial charge in [-0.2, -0.15) is 0 Å². The van der Waals surface area contributed by atoms with Gasteiger partial charge in [0.25, 0.3) is 0 Å². The van der Waals surface area contributed by atoms with Gasteiger partial charge in [0, 0.05) is 18.7 Å². The number of nitrogens with two attached hydrogens (primary N) is 1. The Balaban J connectivity index is 2.64. The second-order valence-corrected chi connectivity index (χ2v) is 5.32. The van der Waals surface area contributed by atoms with Crippen molar-refractivity contribution in [3.8, 4) is 0 Å². The Bertz CT molecular complexity index is 418. The lowest BCUT2D eigenvalue weighted by atomic mass is 10.0. The van der Waals surface area contributed by atoms with E-state index >= 15 is 0 Å². The van der Waals surface area contributed by atoms with E-state index in [0.717, 1.165) is 25.1 Å². The molecule has 1 aromatic rings. The van der Waals surface area contributed by atoms with Crippen LogP contribution in [-0.4, -0.2) is 34.7 Å². The van der Waals surface area contributed by atoms with E-state index in [-0.39, 0.29) is 6.10 Å². The number of aliphatic hydroxyl groups excluding tert-OH is 1. The minimum Gasteiger partial charge on any atom is -0.393 e. The van der Waals surface area contributed by atoms with Gasteiger partial charge in [0.2, 0.25) is 0 Å². The monoisotopic (exact) mass is 266 g/mol. The smallest absolute Gasteiger partial charge is 0.103 e. The molecule has 0 radical (unpaired) electrons. The number of hydrogen-bond acceptors (Lipinski definition) is 3. The van der Waals surface area contributed by atoms with E-state index in [1.54, 1.807) is 0 Å². The van der Waals surface area contributed by atoms with Gasteiger partial charge in [-0.3, -0.25) is 0 Å². The zero-order valence-electron chi connectivity index (χ0n) is 11.3. The first kappa shape index (κ1) is 15.1. The van der Waals surface area contributed by atoms with Crippen LogP contribution in [0.15, 0.2) is 18.2 Å². The first-order valence-electron chi connectivity index (χ1n) is 6.16. The highest BCUT2D eigenvalue weighted by atomic mass is 32.1. The molecule has 0 heterocycles. The lowest BCUT2D eigenvalue weighted by Crippen LogP contribution is -2.22. The molecule has 0 aromatic heterocycles. The van der Waals surface area contributed by atoms with Gasteiger partial charge < -0.3 is 15.7 Å². The summed E-state index contributed by atoms with van der Waals surface area (Å²) in [5.74, 6) is 0. The quantitative estimate of drug-likeness (QED) is 0.771. The van der Waals surface area contributed by atoms with Crippen molar-refractivity contribution < 1.29 is 5.11 Å². The van der Waals surface area contributed by atoms with E-state index in [2.05, 4.69) is 24.9 Å². The number of aliphatic hydroxyl groups is 1. The van der Waals surface area contributed by atoms with Crippen molar-refractivity contribution in [1.29, 1.82) is 0 Å². The molecule has 4 heteroatoms. The number of nitrogens with zero attached hydrogens (tertiary/aromatic N) is 1. The van der Waals surface area contributed by atoms with Crippen LogP contribution < -0.4 is 5.73 Å². The van der Waals surface area contributed by atoms with Crippen molar-refractivity contribution >= 4 is 17.2 Å². The molecule has 1 unspecified atom stereocenters. The van der Waals surface area contributed by atoms with Crippen LogP contribution >= 0.6 is 12.2 Å². The van der Waals surface area contributed by atoms with Gasteiger partial charge in [-0.25, -0.2) is 0 Å². The highest BCUT2D eigenvalue weighted by Gasteiger charge is 2.06. The highest BCUT2D eigenvalue weighted by Crippen LogP contribution is 2.13. The molecule has 0 saturated carbocycles. The van der Waals surface area contributed by atoms with Gasteiger partial charge in [-0.15, -0.1) is 0 Å². The standard InChI is InChI=1S/C14H22N2OS/c1-10-8-12(14(15)18)4-5-13(10)9-16(3)7-6-11(2)17/h4-5,8,11,17H,6-7,9H2,1-3H3,(H2,15,18). The van der Waals surface area contributed by atoms with Crippen LogP contribution in [-0.2, 0) is 6.54 Å². The maximum atomic E-state index is 9.26. The van der Waals surface area contributed by atoms with E-state index < -0.39 is 0 Å². The van der Waals surface area contributed by atoms with Gasteiger partial charge in [0.05, 0.1) is 6.10 Å². The van der Waals surface area contributed by atoms with Gasteiger partial charge in [-0.05, 0) is 44.5 Å². The van der Waals surface area contributed by atoms with Crippen LogP contribution in [0.5, 0.6) is 0 Å². The SMILES string of the molecule is Cc1cc(C(N)=S)ccc1CN(C)CCC(C)O. The van der Waals surface area contributed by atoms with Crippen LogP contribution in [0.2, 0.25) is 0 Å². The minimum atomic E-state index is -0.245. The number of rotatable bonds is 6. The molecule has 18 heavy (non-hydrogen) atoms. The molecule has 100 valence electrons. The van der Waals surface area contributed by atoms with Crippen molar-refractivity contribution in [1.82, 2.24) is 4.90 Å². The Hall–Kier alpha value is -0.970. The summed E-state index contributed by atoms with van der Waals surface area (Å²) in [4.78, 5) is 2.64. The molecule has 0 aliphatic rings. The maximum Gasteiger partial charge on any atom is 0.103 e. The molecule has 0 saturated heterocycles. The van der Waals surface area contributed by atoms with Crippen molar-refractivity contribution in [2.45, 2.75) is 32.9 Å². The third-order valence-electron chi connectivity index (χ3n) is 3.00. The lowest BCUT2D eigenvalue weighted by Gasteiger charge is -2.19. The van der Waals surface area contributed by atoms with Gasteiger partial charge in [0.15, 0.2) is 0 Å². The summed E-state index contributed by atoms with van der Waals surface area (Å²) < 4.78 is 0. The molecular weight excluding hydrogens is 244 g/mol. The Morgan fingerprint density at radius 2 is 2.17 bits per heavy atom. The molecule has 0 spiro atoms. The molecule has 0 aliphatic heterocycles.